The van der Waals surface area contributed by atoms with Gasteiger partial charge in [-0.2, -0.15) is 5.10 Å². The monoisotopic (exact) mass is 285 g/mol. The lowest BCUT2D eigenvalue weighted by molar-refractivity contribution is 0.682. The van der Waals surface area contributed by atoms with Gasteiger partial charge in [0.25, 0.3) is 0 Å². The molecule has 0 atom stereocenters. The predicted molar refractivity (Wildman–Crippen MR) is 85.8 cm³/mol. The Balaban J connectivity index is 1.63. The summed E-state index contributed by atoms with van der Waals surface area (Å²) < 4.78 is 0. The second kappa shape index (κ2) is 6.18. The van der Waals surface area contributed by atoms with Gasteiger partial charge < -0.3 is 0 Å². The smallest absolute Gasteiger partial charge is 0.203 e. The summed E-state index contributed by atoms with van der Waals surface area (Å²) >= 11 is 1.74. The third-order valence-corrected chi connectivity index (χ3v) is 4.67. The molecule has 0 aliphatic heterocycles. The molecule has 0 spiro atoms. The molecule has 2 aromatic rings. The van der Waals surface area contributed by atoms with Crippen molar-refractivity contribution in [1.82, 2.24) is 4.98 Å². The lowest BCUT2D eigenvalue weighted by Gasteiger charge is -2.06. The first-order chi connectivity index (χ1) is 9.85. The number of hydrogen-bond donors (Lipinski definition) is 1. The summed E-state index contributed by atoms with van der Waals surface area (Å²) in [5.41, 5.74) is 6.78. The van der Waals surface area contributed by atoms with Crippen LogP contribution in [-0.2, 0) is 19.3 Å². The summed E-state index contributed by atoms with van der Waals surface area (Å²) in [4.78, 5) is 6.03. The minimum absolute atomic E-state index is 0.915. The van der Waals surface area contributed by atoms with Gasteiger partial charge in [-0.05, 0) is 43.2 Å². The van der Waals surface area contributed by atoms with Crippen molar-refractivity contribution in [1.29, 1.82) is 0 Å². The summed E-state index contributed by atoms with van der Waals surface area (Å²) in [6.07, 6.45) is 7.78. The second-order valence-corrected chi connectivity index (χ2v) is 6.14. The van der Waals surface area contributed by atoms with E-state index < -0.39 is 0 Å². The normalized spacial score (nSPS) is 14.4. The Kier molecular flexibility index (Phi) is 4.11. The van der Waals surface area contributed by atoms with Gasteiger partial charge in [0.15, 0.2) is 0 Å². The molecule has 0 amide bonds. The number of thiazole rings is 1. The first-order valence-corrected chi connectivity index (χ1v) is 8.03. The average molecular weight is 285 g/mol. The molecule has 3 nitrogen and oxygen atoms in total. The minimum atomic E-state index is 0.915. The Bertz CT molecular complexity index is 575. The molecule has 1 aliphatic carbocycles. The summed E-state index contributed by atoms with van der Waals surface area (Å²) in [7, 11) is 0. The van der Waals surface area contributed by atoms with Crippen LogP contribution in [0.1, 0.15) is 41.5 Å². The third kappa shape index (κ3) is 3.07. The van der Waals surface area contributed by atoms with Crippen molar-refractivity contribution < 1.29 is 0 Å². The van der Waals surface area contributed by atoms with E-state index in [-0.39, 0.29) is 0 Å². The van der Waals surface area contributed by atoms with Crippen molar-refractivity contribution in [3.05, 3.63) is 46.0 Å². The molecule has 3 rings (SSSR count). The predicted octanol–water partition coefficient (Wildman–Crippen LogP) is 4.03. The molecular weight excluding hydrogens is 266 g/mol. The number of aromatic nitrogens is 1. The van der Waals surface area contributed by atoms with Crippen LogP contribution in [0, 0.1) is 0 Å². The van der Waals surface area contributed by atoms with Crippen molar-refractivity contribution >= 4 is 22.7 Å². The van der Waals surface area contributed by atoms with E-state index in [9.17, 15) is 0 Å². The van der Waals surface area contributed by atoms with Gasteiger partial charge in [-0.3, -0.25) is 5.43 Å². The molecule has 1 aromatic heterocycles. The molecule has 1 aromatic carbocycles. The lowest BCUT2D eigenvalue weighted by Crippen LogP contribution is -1.99. The number of anilines is 1. The van der Waals surface area contributed by atoms with Gasteiger partial charge in [0, 0.05) is 4.88 Å². The highest BCUT2D eigenvalue weighted by atomic mass is 32.1. The fourth-order valence-electron chi connectivity index (χ4n) is 2.40. The van der Waals surface area contributed by atoms with Crippen LogP contribution >= 0.6 is 11.3 Å². The van der Waals surface area contributed by atoms with Gasteiger partial charge in [0.1, 0.15) is 0 Å². The maximum Gasteiger partial charge on any atom is 0.203 e. The fourth-order valence-corrected chi connectivity index (χ4v) is 3.40. The van der Waals surface area contributed by atoms with Gasteiger partial charge in [-0.15, -0.1) is 11.3 Å². The molecule has 1 N–H and O–H groups in total. The summed E-state index contributed by atoms with van der Waals surface area (Å²) in [5.74, 6) is 0. The zero-order valence-corrected chi connectivity index (χ0v) is 12.5. The largest absolute Gasteiger partial charge is 0.253 e. The summed E-state index contributed by atoms with van der Waals surface area (Å²) in [5, 5.41) is 5.20. The van der Waals surface area contributed by atoms with Crippen molar-refractivity contribution in [2.75, 3.05) is 5.43 Å². The molecular formula is C16H19N3S. The van der Waals surface area contributed by atoms with Crippen LogP contribution in [0.5, 0.6) is 0 Å². The Morgan fingerprint density at radius 3 is 2.80 bits per heavy atom. The van der Waals surface area contributed by atoms with Crippen LogP contribution in [0.3, 0.4) is 0 Å². The quantitative estimate of drug-likeness (QED) is 0.680. The number of hydrazone groups is 1. The van der Waals surface area contributed by atoms with E-state index in [4.69, 9.17) is 0 Å². The van der Waals surface area contributed by atoms with Gasteiger partial charge in [0.05, 0.1) is 11.9 Å². The van der Waals surface area contributed by atoms with Crippen LogP contribution in [-0.4, -0.2) is 11.2 Å². The highest BCUT2D eigenvalue weighted by Crippen LogP contribution is 2.29. The van der Waals surface area contributed by atoms with E-state index in [1.165, 1.54) is 35.4 Å². The molecule has 0 fully saturated rings. The molecule has 0 saturated carbocycles. The lowest BCUT2D eigenvalue weighted by atomic mass is 10.0. The standard InChI is InChI=1S/C16H19N3S/c1-2-12-7-9-13(10-8-12)11-17-19-16-18-14-5-3-4-6-15(14)20-16/h7-11H,2-6H2,1H3,(H,18,19). The fraction of sp³-hybridized carbons (Fsp3) is 0.375. The molecule has 0 unspecified atom stereocenters. The zero-order chi connectivity index (χ0) is 13.8. The highest BCUT2D eigenvalue weighted by Gasteiger charge is 2.14. The Labute approximate surface area is 123 Å². The second-order valence-electron chi connectivity index (χ2n) is 5.06. The molecule has 4 heteroatoms. The average Bonchev–Trinajstić information content (AvgIpc) is 2.90. The van der Waals surface area contributed by atoms with Gasteiger partial charge in [0.2, 0.25) is 5.13 Å². The van der Waals surface area contributed by atoms with E-state index in [1.807, 2.05) is 6.21 Å². The number of nitrogens with one attached hydrogen (secondary N) is 1. The highest BCUT2D eigenvalue weighted by molar-refractivity contribution is 7.15. The Hall–Kier alpha value is -1.68. The maximum atomic E-state index is 4.60. The van der Waals surface area contributed by atoms with Crippen LogP contribution in [0.25, 0.3) is 0 Å². The van der Waals surface area contributed by atoms with Gasteiger partial charge in [-0.1, -0.05) is 31.2 Å². The summed E-state index contributed by atoms with van der Waals surface area (Å²) in [6, 6.07) is 8.47. The van der Waals surface area contributed by atoms with Crippen molar-refractivity contribution in [3.8, 4) is 0 Å². The van der Waals surface area contributed by atoms with Crippen LogP contribution in [0.15, 0.2) is 29.4 Å². The van der Waals surface area contributed by atoms with E-state index in [0.29, 0.717) is 0 Å². The van der Waals surface area contributed by atoms with E-state index >= 15 is 0 Å². The number of nitrogens with zero attached hydrogens (tertiary/aromatic N) is 2. The molecule has 20 heavy (non-hydrogen) atoms. The van der Waals surface area contributed by atoms with Crippen LogP contribution in [0.2, 0.25) is 0 Å². The number of aryl methyl sites for hydroxylation is 3. The number of hydrogen-bond acceptors (Lipinski definition) is 4. The molecule has 1 aliphatic rings. The Morgan fingerprint density at radius 1 is 1.25 bits per heavy atom. The molecule has 0 saturated heterocycles. The molecule has 0 bridgehead atoms. The number of benzene rings is 1. The molecule has 0 radical (unpaired) electrons. The minimum Gasteiger partial charge on any atom is -0.253 e. The first kappa shape index (κ1) is 13.3. The number of fused-ring (bicyclic) bond motifs is 1. The topological polar surface area (TPSA) is 37.3 Å². The van der Waals surface area contributed by atoms with Crippen LogP contribution < -0.4 is 5.43 Å². The number of rotatable bonds is 4. The molecule has 104 valence electrons. The van der Waals surface area contributed by atoms with E-state index in [0.717, 1.165) is 23.5 Å². The van der Waals surface area contributed by atoms with E-state index in [1.54, 1.807) is 11.3 Å². The van der Waals surface area contributed by atoms with Gasteiger partial charge >= 0.3 is 0 Å². The van der Waals surface area contributed by atoms with Crippen molar-refractivity contribution in [3.63, 3.8) is 0 Å². The zero-order valence-electron chi connectivity index (χ0n) is 11.7. The van der Waals surface area contributed by atoms with Gasteiger partial charge in [-0.25, -0.2) is 4.98 Å². The van der Waals surface area contributed by atoms with Crippen molar-refractivity contribution in [2.45, 2.75) is 39.0 Å². The Morgan fingerprint density at radius 2 is 2.05 bits per heavy atom. The molecule has 1 heterocycles. The first-order valence-electron chi connectivity index (χ1n) is 7.22. The maximum absolute atomic E-state index is 4.60. The van der Waals surface area contributed by atoms with Crippen LogP contribution in [0.4, 0.5) is 5.13 Å². The van der Waals surface area contributed by atoms with E-state index in [2.05, 4.69) is 46.7 Å². The van der Waals surface area contributed by atoms with Crippen molar-refractivity contribution in [2.24, 2.45) is 5.10 Å². The third-order valence-electron chi connectivity index (χ3n) is 3.61. The SMILES string of the molecule is CCc1ccc(C=NNc2nc3c(s2)CCCC3)cc1. The summed E-state index contributed by atoms with van der Waals surface area (Å²) in [6.45, 7) is 2.16.